The lowest BCUT2D eigenvalue weighted by molar-refractivity contribution is 0.412. The van der Waals surface area contributed by atoms with Crippen molar-refractivity contribution in [1.29, 1.82) is 0 Å². The lowest BCUT2D eigenvalue weighted by Crippen LogP contribution is -2.25. The highest BCUT2D eigenvalue weighted by Gasteiger charge is 2.06. The van der Waals surface area contributed by atoms with Gasteiger partial charge in [-0.3, -0.25) is 5.43 Å². The third kappa shape index (κ3) is 3.09. The first-order valence-electron chi connectivity index (χ1n) is 4.51. The number of phenols is 1. The van der Waals surface area contributed by atoms with Gasteiger partial charge in [0.25, 0.3) is 0 Å². The SMILES string of the molecule is COc1ccc(O)c(/C(C)=N\NC(N)=S)c1. The predicted octanol–water partition coefficient (Wildman–Crippen LogP) is 0.958. The molecule has 1 rings (SSSR count). The average Bonchev–Trinajstić information content (AvgIpc) is 2.26. The van der Waals surface area contributed by atoms with Crippen LogP contribution in [0.1, 0.15) is 12.5 Å². The van der Waals surface area contributed by atoms with E-state index in [0.717, 1.165) is 0 Å². The molecule has 6 heteroatoms. The molecule has 0 amide bonds. The third-order valence-electron chi connectivity index (χ3n) is 1.93. The number of aromatic hydroxyl groups is 1. The largest absolute Gasteiger partial charge is 0.507 e. The van der Waals surface area contributed by atoms with Gasteiger partial charge in [0.05, 0.1) is 12.8 Å². The molecule has 0 fully saturated rings. The van der Waals surface area contributed by atoms with Gasteiger partial charge in [-0.05, 0) is 37.3 Å². The van der Waals surface area contributed by atoms with Gasteiger partial charge in [0.15, 0.2) is 5.11 Å². The van der Waals surface area contributed by atoms with Crippen LogP contribution in [0.3, 0.4) is 0 Å². The highest BCUT2D eigenvalue weighted by molar-refractivity contribution is 7.80. The zero-order chi connectivity index (χ0) is 12.1. The van der Waals surface area contributed by atoms with Crippen molar-refractivity contribution in [2.45, 2.75) is 6.92 Å². The molecule has 4 N–H and O–H groups in total. The smallest absolute Gasteiger partial charge is 0.184 e. The highest BCUT2D eigenvalue weighted by Crippen LogP contribution is 2.23. The van der Waals surface area contributed by atoms with Gasteiger partial charge in [-0.1, -0.05) is 0 Å². The maximum Gasteiger partial charge on any atom is 0.184 e. The second-order valence-electron chi connectivity index (χ2n) is 3.06. The Morgan fingerprint density at radius 1 is 1.56 bits per heavy atom. The van der Waals surface area contributed by atoms with Crippen molar-refractivity contribution in [1.82, 2.24) is 5.43 Å². The minimum atomic E-state index is 0.0711. The molecule has 0 bridgehead atoms. The Balaban J connectivity index is 3.01. The summed E-state index contributed by atoms with van der Waals surface area (Å²) in [5, 5.41) is 13.6. The van der Waals surface area contributed by atoms with E-state index in [-0.39, 0.29) is 10.9 Å². The third-order valence-corrected chi connectivity index (χ3v) is 2.02. The van der Waals surface area contributed by atoms with Gasteiger partial charge in [0.1, 0.15) is 11.5 Å². The van der Waals surface area contributed by atoms with Gasteiger partial charge in [-0.15, -0.1) is 0 Å². The van der Waals surface area contributed by atoms with Crippen LogP contribution in [0, 0.1) is 0 Å². The number of hydrogen-bond donors (Lipinski definition) is 3. The topological polar surface area (TPSA) is 79.9 Å². The predicted molar refractivity (Wildman–Crippen MR) is 66.8 cm³/mol. The van der Waals surface area contributed by atoms with Crippen LogP contribution < -0.4 is 15.9 Å². The molecule has 0 aliphatic heterocycles. The van der Waals surface area contributed by atoms with E-state index in [1.54, 1.807) is 26.2 Å². The summed E-state index contributed by atoms with van der Waals surface area (Å²) in [5.41, 5.74) is 8.81. The van der Waals surface area contributed by atoms with Crippen LogP contribution in [0.2, 0.25) is 0 Å². The molecular weight excluding hydrogens is 226 g/mol. The second kappa shape index (κ2) is 5.32. The van der Waals surface area contributed by atoms with Gasteiger partial charge in [0, 0.05) is 5.56 Å². The van der Waals surface area contributed by atoms with Gasteiger partial charge in [-0.25, -0.2) is 0 Å². The lowest BCUT2D eigenvalue weighted by Gasteiger charge is -2.07. The number of thiocarbonyl (C=S) groups is 1. The Hall–Kier alpha value is -1.82. The fourth-order valence-electron chi connectivity index (χ4n) is 1.13. The van der Waals surface area contributed by atoms with Crippen molar-refractivity contribution in [3.8, 4) is 11.5 Å². The molecule has 0 unspecified atom stereocenters. The fourth-order valence-corrected chi connectivity index (χ4v) is 1.18. The van der Waals surface area contributed by atoms with Crippen LogP contribution in [0.5, 0.6) is 11.5 Å². The molecule has 5 nitrogen and oxygen atoms in total. The molecule has 0 spiro atoms. The van der Waals surface area contributed by atoms with Crippen molar-refractivity contribution in [2.75, 3.05) is 7.11 Å². The summed E-state index contributed by atoms with van der Waals surface area (Å²) in [6.07, 6.45) is 0. The second-order valence-corrected chi connectivity index (χ2v) is 3.50. The number of hydrazone groups is 1. The summed E-state index contributed by atoms with van der Waals surface area (Å²) in [7, 11) is 1.55. The molecule has 0 aromatic heterocycles. The summed E-state index contributed by atoms with van der Waals surface area (Å²) >= 11 is 4.62. The number of nitrogens with zero attached hydrogens (tertiary/aromatic N) is 1. The number of phenolic OH excluding ortho intramolecular Hbond substituents is 1. The first-order chi connectivity index (χ1) is 7.54. The molecule has 0 saturated heterocycles. The Labute approximate surface area is 98.9 Å². The van der Waals surface area contributed by atoms with Crippen molar-refractivity contribution < 1.29 is 9.84 Å². The fraction of sp³-hybridized carbons (Fsp3) is 0.200. The Bertz CT molecular complexity index is 432. The number of hydrogen-bond acceptors (Lipinski definition) is 4. The molecule has 16 heavy (non-hydrogen) atoms. The molecule has 0 aliphatic rings. The summed E-state index contributed by atoms with van der Waals surface area (Å²) in [6, 6.07) is 4.87. The van der Waals surface area contributed by atoms with Crippen LogP contribution in [0.25, 0.3) is 0 Å². The van der Waals surface area contributed by atoms with Crippen LogP contribution in [-0.4, -0.2) is 23.0 Å². The van der Waals surface area contributed by atoms with Crippen molar-refractivity contribution in [3.05, 3.63) is 23.8 Å². The molecule has 1 aromatic rings. The van der Waals surface area contributed by atoms with E-state index in [2.05, 4.69) is 22.7 Å². The Kier molecular flexibility index (Phi) is 4.07. The van der Waals surface area contributed by atoms with E-state index in [1.165, 1.54) is 6.07 Å². The van der Waals surface area contributed by atoms with Gasteiger partial charge >= 0.3 is 0 Å². The van der Waals surface area contributed by atoms with E-state index in [0.29, 0.717) is 17.0 Å². The standard InChI is InChI=1S/C10H13N3O2S/c1-6(12-13-10(11)16)8-5-7(15-2)3-4-9(8)14/h3-5,14H,1-2H3,(H3,11,13,16)/b12-6-. The number of ether oxygens (including phenoxy) is 1. The molecule has 0 radical (unpaired) electrons. The first kappa shape index (κ1) is 12.3. The summed E-state index contributed by atoms with van der Waals surface area (Å²) in [5.74, 6) is 0.754. The lowest BCUT2D eigenvalue weighted by atomic mass is 10.1. The van der Waals surface area contributed by atoms with Gasteiger partial charge < -0.3 is 15.6 Å². The van der Waals surface area contributed by atoms with Crippen LogP contribution in [0.4, 0.5) is 0 Å². The van der Waals surface area contributed by atoms with E-state index in [1.807, 2.05) is 0 Å². The van der Waals surface area contributed by atoms with Crippen LogP contribution >= 0.6 is 12.2 Å². The molecule has 1 aromatic carbocycles. The molecule has 0 saturated carbocycles. The normalized spacial score (nSPS) is 11.0. The zero-order valence-corrected chi connectivity index (χ0v) is 9.84. The van der Waals surface area contributed by atoms with Gasteiger partial charge in [0.2, 0.25) is 0 Å². The van der Waals surface area contributed by atoms with E-state index in [9.17, 15) is 5.11 Å². The van der Waals surface area contributed by atoms with Crippen molar-refractivity contribution >= 4 is 23.0 Å². The van der Waals surface area contributed by atoms with Crippen LogP contribution in [-0.2, 0) is 0 Å². The van der Waals surface area contributed by atoms with Crippen molar-refractivity contribution in [3.63, 3.8) is 0 Å². The number of methoxy groups -OCH3 is 1. The monoisotopic (exact) mass is 239 g/mol. The summed E-state index contributed by atoms with van der Waals surface area (Å²) in [4.78, 5) is 0. The maximum absolute atomic E-state index is 9.64. The number of nitrogens with one attached hydrogen (secondary N) is 1. The average molecular weight is 239 g/mol. The number of nitrogens with two attached hydrogens (primary N) is 1. The van der Waals surface area contributed by atoms with Gasteiger partial charge in [-0.2, -0.15) is 5.10 Å². The number of benzene rings is 1. The Morgan fingerprint density at radius 3 is 2.81 bits per heavy atom. The maximum atomic E-state index is 9.64. The summed E-state index contributed by atoms with van der Waals surface area (Å²) in [6.45, 7) is 1.72. The Morgan fingerprint density at radius 2 is 2.25 bits per heavy atom. The van der Waals surface area contributed by atoms with E-state index < -0.39 is 0 Å². The molecule has 0 aliphatic carbocycles. The first-order valence-corrected chi connectivity index (χ1v) is 4.92. The van der Waals surface area contributed by atoms with Crippen molar-refractivity contribution in [2.24, 2.45) is 10.8 Å². The highest BCUT2D eigenvalue weighted by atomic mass is 32.1. The number of rotatable bonds is 3. The summed E-state index contributed by atoms with van der Waals surface area (Å²) < 4.78 is 5.05. The minimum Gasteiger partial charge on any atom is -0.507 e. The zero-order valence-electron chi connectivity index (χ0n) is 9.02. The van der Waals surface area contributed by atoms with E-state index in [4.69, 9.17) is 10.5 Å². The minimum absolute atomic E-state index is 0.0711. The molecule has 0 atom stereocenters. The molecule has 86 valence electrons. The molecular formula is C10H13N3O2S. The molecule has 0 heterocycles. The van der Waals surface area contributed by atoms with E-state index >= 15 is 0 Å². The van der Waals surface area contributed by atoms with Crippen LogP contribution in [0.15, 0.2) is 23.3 Å². The quantitative estimate of drug-likeness (QED) is 0.416.